The summed E-state index contributed by atoms with van der Waals surface area (Å²) in [5.74, 6) is -0.143. The van der Waals surface area contributed by atoms with Crippen molar-refractivity contribution in [3.8, 4) is 17.6 Å². The van der Waals surface area contributed by atoms with Gasteiger partial charge in [-0.05, 0) is 54.5 Å². The predicted molar refractivity (Wildman–Crippen MR) is 104 cm³/mol. The van der Waals surface area contributed by atoms with E-state index in [1.807, 2.05) is 0 Å². The van der Waals surface area contributed by atoms with E-state index in [4.69, 9.17) is 26.3 Å². The Morgan fingerprint density at radius 3 is 2.57 bits per heavy atom. The lowest BCUT2D eigenvalue weighted by Crippen LogP contribution is -2.10. The first-order chi connectivity index (χ1) is 13.5. The highest BCUT2D eigenvalue weighted by Crippen LogP contribution is 2.18. The van der Waals surface area contributed by atoms with Crippen LogP contribution < -0.4 is 9.47 Å². The van der Waals surface area contributed by atoms with Gasteiger partial charge >= 0.3 is 11.9 Å². The van der Waals surface area contributed by atoms with Crippen molar-refractivity contribution < 1.29 is 23.8 Å². The van der Waals surface area contributed by atoms with Crippen molar-refractivity contribution in [2.24, 2.45) is 0 Å². The molecule has 0 amide bonds. The summed E-state index contributed by atoms with van der Waals surface area (Å²) in [6, 6.07) is 15.2. The van der Waals surface area contributed by atoms with Gasteiger partial charge in [-0.15, -0.1) is 0 Å². The predicted octanol–water partition coefficient (Wildman–Crippen LogP) is 4.18. The summed E-state index contributed by atoms with van der Waals surface area (Å²) in [5, 5.41) is 9.62. The monoisotopic (exact) mass is 399 g/mol. The van der Waals surface area contributed by atoms with Crippen molar-refractivity contribution in [1.29, 1.82) is 5.26 Å². The summed E-state index contributed by atoms with van der Waals surface area (Å²) >= 11 is 5.80. The van der Waals surface area contributed by atoms with Gasteiger partial charge in [-0.25, -0.2) is 4.79 Å². The fraction of sp³-hybridized carbons (Fsp3) is 0.190. The van der Waals surface area contributed by atoms with Crippen LogP contribution in [-0.4, -0.2) is 25.7 Å². The first-order valence-electron chi connectivity index (χ1n) is 8.41. The quantitative estimate of drug-likeness (QED) is 0.217. The molecule has 0 fully saturated rings. The number of rotatable bonds is 8. The average molecular weight is 400 g/mol. The second kappa shape index (κ2) is 10.8. The first kappa shape index (κ1) is 21.0. The fourth-order valence-electron chi connectivity index (χ4n) is 2.20. The van der Waals surface area contributed by atoms with Crippen LogP contribution in [0.3, 0.4) is 0 Å². The molecule has 0 atom stereocenters. The molecule has 0 aromatic heterocycles. The summed E-state index contributed by atoms with van der Waals surface area (Å²) < 4.78 is 15.3. The number of benzene rings is 2. The zero-order valence-electron chi connectivity index (χ0n) is 15.2. The lowest BCUT2D eigenvalue weighted by Gasteiger charge is -2.07. The number of methoxy groups -OCH3 is 1. The molecule has 2 aromatic rings. The molecule has 0 saturated carbocycles. The van der Waals surface area contributed by atoms with Crippen LogP contribution in [0.2, 0.25) is 5.02 Å². The summed E-state index contributed by atoms with van der Waals surface area (Å²) in [7, 11) is 1.20. The van der Waals surface area contributed by atoms with E-state index in [2.05, 4.69) is 4.74 Å². The molecule has 2 rings (SSSR count). The van der Waals surface area contributed by atoms with Crippen molar-refractivity contribution in [2.75, 3.05) is 13.7 Å². The molecular weight excluding hydrogens is 382 g/mol. The molecule has 0 aliphatic rings. The second-order valence-corrected chi connectivity index (χ2v) is 6.05. The van der Waals surface area contributed by atoms with E-state index < -0.39 is 11.9 Å². The molecule has 7 heteroatoms. The third-order valence-electron chi connectivity index (χ3n) is 3.53. The van der Waals surface area contributed by atoms with Gasteiger partial charge in [0.05, 0.1) is 13.7 Å². The average Bonchev–Trinajstić information content (AvgIpc) is 2.70. The standard InChI is InChI=1S/C21H18ClNO5/c1-26-21(25)16(14-23)12-15-4-2-5-19(13-15)28-20(24)6-3-11-27-18-9-7-17(22)8-10-18/h2,4-5,7-10,12-13H,3,6,11H2,1H3/b16-12+. The SMILES string of the molecule is COC(=O)/C(C#N)=C/c1cccc(OC(=O)CCCOc2ccc(Cl)cc2)c1. The van der Waals surface area contributed by atoms with Crippen LogP contribution in [0.25, 0.3) is 6.08 Å². The van der Waals surface area contributed by atoms with Gasteiger partial charge in [0.2, 0.25) is 0 Å². The lowest BCUT2D eigenvalue weighted by molar-refractivity contribution is -0.136. The molecule has 2 aromatic carbocycles. The zero-order chi connectivity index (χ0) is 20.4. The molecule has 0 radical (unpaired) electrons. The Morgan fingerprint density at radius 1 is 1.14 bits per heavy atom. The van der Waals surface area contributed by atoms with Gasteiger partial charge in [0.15, 0.2) is 0 Å². The third-order valence-corrected chi connectivity index (χ3v) is 3.79. The number of halogens is 1. The minimum atomic E-state index is -0.731. The van der Waals surface area contributed by atoms with Crippen molar-refractivity contribution >= 4 is 29.6 Å². The van der Waals surface area contributed by atoms with Crippen LogP contribution in [-0.2, 0) is 14.3 Å². The van der Waals surface area contributed by atoms with Crippen molar-refractivity contribution in [1.82, 2.24) is 0 Å². The largest absolute Gasteiger partial charge is 0.494 e. The topological polar surface area (TPSA) is 85.6 Å². The molecule has 28 heavy (non-hydrogen) atoms. The Kier molecular flexibility index (Phi) is 8.07. The van der Waals surface area contributed by atoms with Gasteiger partial charge < -0.3 is 14.2 Å². The minimum absolute atomic E-state index is 0.148. The van der Waals surface area contributed by atoms with Crippen LogP contribution in [0.5, 0.6) is 11.5 Å². The van der Waals surface area contributed by atoms with Gasteiger partial charge in [-0.3, -0.25) is 4.79 Å². The van der Waals surface area contributed by atoms with Crippen LogP contribution in [0.15, 0.2) is 54.1 Å². The van der Waals surface area contributed by atoms with Gasteiger partial charge in [-0.1, -0.05) is 23.7 Å². The number of nitrogens with zero attached hydrogens (tertiary/aromatic N) is 1. The number of ether oxygens (including phenoxy) is 3. The summed E-state index contributed by atoms with van der Waals surface area (Å²) in [4.78, 5) is 23.4. The number of esters is 2. The summed E-state index contributed by atoms with van der Waals surface area (Å²) in [5.41, 5.74) is 0.392. The van der Waals surface area contributed by atoms with Crippen LogP contribution in [0, 0.1) is 11.3 Å². The molecule has 0 spiro atoms. The maximum absolute atomic E-state index is 12.0. The Bertz CT molecular complexity index is 900. The Balaban J connectivity index is 1.85. The highest BCUT2D eigenvalue weighted by atomic mass is 35.5. The third kappa shape index (κ3) is 6.78. The molecule has 0 aliphatic heterocycles. The minimum Gasteiger partial charge on any atom is -0.494 e. The van der Waals surface area contributed by atoms with E-state index in [0.29, 0.717) is 35.1 Å². The van der Waals surface area contributed by atoms with Crippen LogP contribution in [0.4, 0.5) is 0 Å². The number of hydrogen-bond acceptors (Lipinski definition) is 6. The number of nitriles is 1. The van der Waals surface area contributed by atoms with Crippen molar-refractivity contribution in [3.05, 3.63) is 64.7 Å². The van der Waals surface area contributed by atoms with Crippen LogP contribution in [0.1, 0.15) is 18.4 Å². The van der Waals surface area contributed by atoms with Gasteiger partial charge in [-0.2, -0.15) is 5.26 Å². The highest BCUT2D eigenvalue weighted by Gasteiger charge is 2.10. The maximum Gasteiger partial charge on any atom is 0.348 e. The van der Waals surface area contributed by atoms with E-state index in [1.54, 1.807) is 54.6 Å². The molecule has 0 aliphatic carbocycles. The number of carbonyl (C=O) groups excluding carboxylic acids is 2. The molecule has 0 bridgehead atoms. The lowest BCUT2D eigenvalue weighted by atomic mass is 10.1. The number of hydrogen-bond donors (Lipinski definition) is 0. The van der Waals surface area contributed by atoms with E-state index in [9.17, 15) is 9.59 Å². The van der Waals surface area contributed by atoms with E-state index in [1.165, 1.54) is 13.2 Å². The van der Waals surface area contributed by atoms with Gasteiger partial charge in [0.25, 0.3) is 0 Å². The van der Waals surface area contributed by atoms with Gasteiger partial charge in [0.1, 0.15) is 23.1 Å². The smallest absolute Gasteiger partial charge is 0.348 e. The Labute approximate surface area is 167 Å². The first-order valence-corrected chi connectivity index (χ1v) is 8.79. The molecule has 144 valence electrons. The molecular formula is C21H18ClNO5. The normalized spacial score (nSPS) is 10.7. The summed E-state index contributed by atoms with van der Waals surface area (Å²) in [6.07, 6.45) is 2.03. The summed E-state index contributed by atoms with van der Waals surface area (Å²) in [6.45, 7) is 0.365. The fourth-order valence-corrected chi connectivity index (χ4v) is 2.33. The van der Waals surface area contributed by atoms with Gasteiger partial charge in [0, 0.05) is 11.4 Å². The number of carbonyl (C=O) groups is 2. The van der Waals surface area contributed by atoms with Crippen molar-refractivity contribution in [2.45, 2.75) is 12.8 Å². The van der Waals surface area contributed by atoms with E-state index >= 15 is 0 Å². The Hall–Kier alpha value is -3.30. The molecule has 6 nitrogen and oxygen atoms in total. The molecule has 0 unspecified atom stereocenters. The second-order valence-electron chi connectivity index (χ2n) is 5.61. The Morgan fingerprint density at radius 2 is 1.89 bits per heavy atom. The molecule has 0 heterocycles. The maximum atomic E-state index is 12.0. The van der Waals surface area contributed by atoms with E-state index in [0.717, 1.165) is 0 Å². The van der Waals surface area contributed by atoms with Crippen LogP contribution >= 0.6 is 11.6 Å². The van der Waals surface area contributed by atoms with E-state index in [-0.39, 0.29) is 12.0 Å². The van der Waals surface area contributed by atoms with Crippen molar-refractivity contribution in [3.63, 3.8) is 0 Å². The molecule has 0 saturated heterocycles. The highest BCUT2D eigenvalue weighted by molar-refractivity contribution is 6.30. The molecule has 0 N–H and O–H groups in total. The zero-order valence-corrected chi connectivity index (χ0v) is 15.9.